The fraction of sp³-hybridized carbons (Fsp3) is 0.467. The number of hydrogen-bond acceptors (Lipinski definition) is 4. The molecular formula is C30H36NO4P. The van der Waals surface area contributed by atoms with Crippen LogP contribution in [0, 0.1) is 11.8 Å². The summed E-state index contributed by atoms with van der Waals surface area (Å²) in [5, 5.41) is 0.774. The SMILES string of the molecule is CC1=C[C@@H]2OP(=O)(c3c(C(C)C)cc(C(C)C)cc3C(C)C)[C@H]1[C@@H]1C(=O)N(c3ccccc3)C(=O)[C@@H]12. The zero-order chi connectivity index (χ0) is 26.1. The molecule has 5 atom stereocenters. The number of carbonyl (C=O) groups excluding carboxylic acids is 2. The van der Waals surface area contributed by atoms with Gasteiger partial charge in [0.1, 0.15) is 0 Å². The molecule has 0 spiro atoms. The Morgan fingerprint density at radius 2 is 1.39 bits per heavy atom. The van der Waals surface area contributed by atoms with Crippen molar-refractivity contribution in [2.45, 2.75) is 78.0 Å². The highest BCUT2D eigenvalue weighted by Crippen LogP contribution is 2.68. The second-order valence-corrected chi connectivity index (χ2v) is 13.8. The van der Waals surface area contributed by atoms with Gasteiger partial charge in [0.25, 0.3) is 0 Å². The number of imide groups is 1. The van der Waals surface area contributed by atoms with Crippen molar-refractivity contribution in [1.29, 1.82) is 0 Å². The zero-order valence-corrected chi connectivity index (χ0v) is 23.1. The summed E-state index contributed by atoms with van der Waals surface area (Å²) in [4.78, 5) is 28.7. The molecule has 6 heteroatoms. The lowest BCUT2D eigenvalue weighted by Gasteiger charge is -2.47. The number of anilines is 1. The lowest BCUT2D eigenvalue weighted by Crippen LogP contribution is -2.50. The molecule has 1 aliphatic carbocycles. The van der Waals surface area contributed by atoms with Crippen molar-refractivity contribution in [2.75, 3.05) is 4.90 Å². The van der Waals surface area contributed by atoms with Gasteiger partial charge in [-0.15, -0.1) is 0 Å². The monoisotopic (exact) mass is 505 g/mol. The summed E-state index contributed by atoms with van der Waals surface area (Å²) >= 11 is 0. The summed E-state index contributed by atoms with van der Waals surface area (Å²) in [6, 6.07) is 13.4. The molecule has 6 rings (SSSR count). The summed E-state index contributed by atoms with van der Waals surface area (Å²) < 4.78 is 21.8. The number of allylic oxidation sites excluding steroid dienone is 1. The van der Waals surface area contributed by atoms with Crippen LogP contribution in [0.5, 0.6) is 0 Å². The van der Waals surface area contributed by atoms with Crippen LogP contribution in [0.2, 0.25) is 0 Å². The van der Waals surface area contributed by atoms with E-state index < -0.39 is 31.0 Å². The molecule has 3 heterocycles. The highest BCUT2D eigenvalue weighted by Gasteiger charge is 2.66. The minimum atomic E-state index is -3.54. The lowest BCUT2D eigenvalue weighted by atomic mass is 9.79. The lowest BCUT2D eigenvalue weighted by molar-refractivity contribution is -0.123. The number of amides is 2. The van der Waals surface area contributed by atoms with E-state index >= 15 is 4.57 Å². The molecular weight excluding hydrogens is 469 g/mol. The van der Waals surface area contributed by atoms with Gasteiger partial charge in [0.05, 0.1) is 29.3 Å². The van der Waals surface area contributed by atoms with Crippen molar-refractivity contribution in [3.05, 3.63) is 70.8 Å². The molecule has 190 valence electrons. The van der Waals surface area contributed by atoms with Gasteiger partial charge in [-0.1, -0.05) is 83.5 Å². The number of carbonyl (C=O) groups is 2. The van der Waals surface area contributed by atoms with Crippen LogP contribution < -0.4 is 10.2 Å². The molecule has 5 nitrogen and oxygen atoms in total. The van der Waals surface area contributed by atoms with Gasteiger partial charge in [0.2, 0.25) is 19.2 Å². The fourth-order valence-corrected chi connectivity index (χ4v) is 10.0. The number of benzene rings is 2. The van der Waals surface area contributed by atoms with Crippen LogP contribution in [0.3, 0.4) is 0 Å². The molecule has 0 saturated carbocycles. The quantitative estimate of drug-likeness (QED) is 0.265. The second-order valence-electron chi connectivity index (χ2n) is 11.4. The maximum Gasteiger partial charge on any atom is 0.241 e. The highest BCUT2D eigenvalue weighted by molar-refractivity contribution is 7.68. The van der Waals surface area contributed by atoms with Gasteiger partial charge in [0, 0.05) is 5.30 Å². The van der Waals surface area contributed by atoms with Gasteiger partial charge in [-0.3, -0.25) is 14.2 Å². The average Bonchev–Trinajstić information content (AvgIpc) is 3.09. The van der Waals surface area contributed by atoms with Crippen LogP contribution in [0.15, 0.2) is 54.1 Å². The summed E-state index contributed by atoms with van der Waals surface area (Å²) in [7, 11) is -3.54. The summed E-state index contributed by atoms with van der Waals surface area (Å²) in [5.41, 5.74) is 4.08. The Morgan fingerprint density at radius 1 is 0.833 bits per heavy atom. The van der Waals surface area contributed by atoms with E-state index in [4.69, 9.17) is 4.52 Å². The van der Waals surface area contributed by atoms with E-state index in [1.165, 1.54) is 10.5 Å². The van der Waals surface area contributed by atoms with E-state index in [2.05, 4.69) is 53.7 Å². The molecule has 0 N–H and O–H groups in total. The normalized spacial score (nSPS) is 29.5. The van der Waals surface area contributed by atoms with Gasteiger partial charge in [-0.2, -0.15) is 0 Å². The zero-order valence-electron chi connectivity index (χ0n) is 22.2. The van der Waals surface area contributed by atoms with E-state index in [0.717, 1.165) is 22.0 Å². The minimum absolute atomic E-state index is 0.132. The van der Waals surface area contributed by atoms with Crippen LogP contribution in [0.25, 0.3) is 0 Å². The maximum absolute atomic E-state index is 15.3. The van der Waals surface area contributed by atoms with Crippen molar-refractivity contribution in [1.82, 2.24) is 0 Å². The van der Waals surface area contributed by atoms with Crippen molar-refractivity contribution in [3.8, 4) is 0 Å². The third kappa shape index (κ3) is 3.58. The molecule has 4 aliphatic rings. The van der Waals surface area contributed by atoms with E-state index in [1.54, 1.807) is 12.1 Å². The van der Waals surface area contributed by atoms with Crippen LogP contribution in [-0.4, -0.2) is 23.6 Å². The molecule has 0 aromatic heterocycles. The molecule has 1 unspecified atom stereocenters. The molecule has 3 aliphatic heterocycles. The number of hydrogen-bond donors (Lipinski definition) is 0. The number of nitrogens with zero attached hydrogens (tertiary/aromatic N) is 1. The first kappa shape index (κ1) is 25.2. The molecule has 2 amide bonds. The molecule has 2 bridgehead atoms. The van der Waals surface area contributed by atoms with Gasteiger partial charge in [-0.25, -0.2) is 4.90 Å². The third-order valence-corrected chi connectivity index (χ3v) is 11.2. The fourth-order valence-electron chi connectivity index (χ4n) is 6.26. The first-order valence-corrected chi connectivity index (χ1v) is 14.7. The molecule has 2 fully saturated rings. The smallest absolute Gasteiger partial charge is 0.241 e. The Bertz CT molecular complexity index is 1280. The predicted octanol–water partition coefficient (Wildman–Crippen LogP) is 6.49. The van der Waals surface area contributed by atoms with Gasteiger partial charge in [-0.05, 0) is 53.5 Å². The topological polar surface area (TPSA) is 63.7 Å². The van der Waals surface area contributed by atoms with E-state index in [0.29, 0.717) is 11.6 Å². The standard InChI is InChI=1S/C30H36NO4P/c1-16(2)20-14-22(17(3)4)28(23(15-20)18(5)6)36(34)27-19(7)13-24(35-36)25-26(27)30(33)31(29(25)32)21-11-9-8-10-12-21/h8-18,24-27H,1-7H3/t24-,25+,26+,27+,36?/m0/s1. The van der Waals surface area contributed by atoms with Gasteiger partial charge < -0.3 is 4.52 Å². The second kappa shape index (κ2) is 8.82. The Hall–Kier alpha value is -2.49. The van der Waals surface area contributed by atoms with E-state index in [9.17, 15) is 9.59 Å². The largest absolute Gasteiger partial charge is 0.316 e. The number of fused-ring (bicyclic) bond motifs is 1. The maximum atomic E-state index is 15.3. The first-order valence-electron chi connectivity index (χ1n) is 13.0. The van der Waals surface area contributed by atoms with Crippen molar-refractivity contribution >= 4 is 30.2 Å². The molecule has 0 radical (unpaired) electrons. The predicted molar refractivity (Wildman–Crippen MR) is 144 cm³/mol. The average molecular weight is 506 g/mol. The van der Waals surface area contributed by atoms with Crippen LogP contribution >= 0.6 is 7.37 Å². The summed E-state index contributed by atoms with van der Waals surface area (Å²) in [6.45, 7) is 14.8. The summed E-state index contributed by atoms with van der Waals surface area (Å²) in [6.07, 6.45) is 1.25. The van der Waals surface area contributed by atoms with Crippen molar-refractivity contribution < 1.29 is 18.7 Å². The molecule has 2 aromatic carbocycles. The number of rotatable bonds is 5. The van der Waals surface area contributed by atoms with E-state index in [1.807, 2.05) is 31.2 Å². The minimum Gasteiger partial charge on any atom is -0.316 e. The Balaban J connectivity index is 1.71. The van der Waals surface area contributed by atoms with Crippen LogP contribution in [0.4, 0.5) is 5.69 Å². The highest BCUT2D eigenvalue weighted by atomic mass is 31.2. The molecule has 2 saturated heterocycles. The Morgan fingerprint density at radius 3 is 1.92 bits per heavy atom. The van der Waals surface area contributed by atoms with E-state index in [-0.39, 0.29) is 23.7 Å². The Labute approximate surface area is 214 Å². The first-order chi connectivity index (χ1) is 17.0. The van der Waals surface area contributed by atoms with Crippen LogP contribution in [-0.2, 0) is 18.7 Å². The van der Waals surface area contributed by atoms with Gasteiger partial charge >= 0.3 is 0 Å². The Kier molecular flexibility index (Phi) is 6.16. The van der Waals surface area contributed by atoms with Crippen LogP contribution in [0.1, 0.15) is 82.9 Å². The van der Waals surface area contributed by atoms with Gasteiger partial charge in [0.15, 0.2) is 0 Å². The number of para-hydroxylation sites is 1. The third-order valence-electron chi connectivity index (χ3n) is 8.06. The van der Waals surface area contributed by atoms with Crippen molar-refractivity contribution in [3.63, 3.8) is 0 Å². The summed E-state index contributed by atoms with van der Waals surface area (Å²) in [5.74, 6) is -1.26. The molecule has 2 aromatic rings. The molecule has 36 heavy (non-hydrogen) atoms. The van der Waals surface area contributed by atoms with Crippen molar-refractivity contribution in [2.24, 2.45) is 11.8 Å².